The monoisotopic (exact) mass is 307 g/mol. The minimum Gasteiger partial charge on any atom is -0.388 e. The molecule has 2 aromatic rings. The second kappa shape index (κ2) is 5.81. The van der Waals surface area contributed by atoms with Crippen LogP contribution in [0.3, 0.4) is 0 Å². The average molecular weight is 308 g/mol. The van der Waals surface area contributed by atoms with Gasteiger partial charge >= 0.3 is 0 Å². The topological polar surface area (TPSA) is 33.1 Å². The molecule has 0 radical (unpaired) electrons. The van der Waals surface area contributed by atoms with Crippen molar-refractivity contribution in [2.45, 2.75) is 32.8 Å². The van der Waals surface area contributed by atoms with E-state index in [1.165, 1.54) is 0 Å². The number of hydrogen-bond acceptors (Lipinski definition) is 2. The zero-order chi connectivity index (χ0) is 13.1. The van der Waals surface area contributed by atoms with E-state index in [1.807, 2.05) is 24.3 Å². The maximum absolute atomic E-state index is 10.5. The molecule has 0 fully saturated rings. The molecule has 0 bridgehead atoms. The summed E-state index contributed by atoms with van der Waals surface area (Å²) in [6.07, 6.45) is 3.28. The molecule has 0 aliphatic rings. The first kappa shape index (κ1) is 13.5. The number of rotatable bonds is 4. The Labute approximate surface area is 116 Å². The number of aromatic nitrogens is 1. The first-order valence-corrected chi connectivity index (χ1v) is 7.19. The number of aliphatic hydroxyl groups is 1. The van der Waals surface area contributed by atoms with Crippen molar-refractivity contribution in [3.63, 3.8) is 0 Å². The molecule has 1 heterocycles. The molecule has 0 aliphatic carbocycles. The summed E-state index contributed by atoms with van der Waals surface area (Å²) in [5.41, 5.74) is 1.83. The van der Waals surface area contributed by atoms with Crippen molar-refractivity contribution in [3.8, 4) is 0 Å². The molecule has 2 rings (SSSR count). The van der Waals surface area contributed by atoms with Crippen molar-refractivity contribution >= 4 is 26.8 Å². The van der Waals surface area contributed by atoms with Crippen molar-refractivity contribution in [2.75, 3.05) is 0 Å². The van der Waals surface area contributed by atoms with E-state index in [0.29, 0.717) is 0 Å². The first-order valence-electron chi connectivity index (χ1n) is 6.40. The van der Waals surface area contributed by atoms with Gasteiger partial charge in [-0.1, -0.05) is 54.8 Å². The summed E-state index contributed by atoms with van der Waals surface area (Å²) < 4.78 is 1.02. The molecular formula is C15H18BrNO. The number of hydrogen-bond donors (Lipinski definition) is 1. The molecule has 0 amide bonds. The van der Waals surface area contributed by atoms with E-state index in [9.17, 15) is 5.11 Å². The highest BCUT2D eigenvalue weighted by molar-refractivity contribution is 9.10. The van der Waals surface area contributed by atoms with E-state index in [1.54, 1.807) is 6.20 Å². The van der Waals surface area contributed by atoms with Gasteiger partial charge in [0.2, 0.25) is 0 Å². The highest BCUT2D eigenvalue weighted by atomic mass is 79.9. The third-order valence-corrected chi connectivity index (χ3v) is 4.25. The van der Waals surface area contributed by atoms with E-state index in [-0.39, 0.29) is 5.92 Å². The summed E-state index contributed by atoms with van der Waals surface area (Å²) in [5.74, 6) is 0.288. The maximum atomic E-state index is 10.5. The Balaban J connectivity index is 2.54. The average Bonchev–Trinajstić information content (AvgIpc) is 2.41. The number of fused-ring (bicyclic) bond motifs is 1. The molecule has 0 saturated carbocycles. The van der Waals surface area contributed by atoms with Gasteiger partial charge in [-0.25, -0.2) is 0 Å². The van der Waals surface area contributed by atoms with Crippen LogP contribution < -0.4 is 0 Å². The smallest absolute Gasteiger partial charge is 0.0839 e. The van der Waals surface area contributed by atoms with Crippen LogP contribution in [0.5, 0.6) is 0 Å². The molecule has 96 valence electrons. The first-order chi connectivity index (χ1) is 8.69. The van der Waals surface area contributed by atoms with Crippen LogP contribution in [0.2, 0.25) is 0 Å². The quantitative estimate of drug-likeness (QED) is 0.904. The Morgan fingerprint density at radius 1 is 1.22 bits per heavy atom. The summed E-state index contributed by atoms with van der Waals surface area (Å²) in [4.78, 5) is 4.42. The van der Waals surface area contributed by atoms with Gasteiger partial charge in [0.25, 0.3) is 0 Å². The molecular weight excluding hydrogens is 290 g/mol. The summed E-state index contributed by atoms with van der Waals surface area (Å²) in [6, 6.07) is 7.91. The highest BCUT2D eigenvalue weighted by Gasteiger charge is 2.20. The molecule has 2 nitrogen and oxygen atoms in total. The standard InChI is InChI=1S/C15H18BrNO/c1-3-10(4-2)15(18)12-7-8-13(16)11-6-5-9-17-14(11)12/h5-10,15,18H,3-4H2,1-2H3. The van der Waals surface area contributed by atoms with Crippen molar-refractivity contribution < 1.29 is 5.11 Å². The SMILES string of the molecule is CCC(CC)C(O)c1ccc(Br)c2cccnc12. The molecule has 1 atom stereocenters. The molecule has 18 heavy (non-hydrogen) atoms. The number of pyridine rings is 1. The Morgan fingerprint density at radius 3 is 2.61 bits per heavy atom. The summed E-state index contributed by atoms with van der Waals surface area (Å²) >= 11 is 3.53. The van der Waals surface area contributed by atoms with Crippen molar-refractivity contribution in [1.82, 2.24) is 4.98 Å². The van der Waals surface area contributed by atoms with Crippen molar-refractivity contribution in [3.05, 3.63) is 40.5 Å². The lowest BCUT2D eigenvalue weighted by atomic mass is 9.90. The molecule has 1 unspecified atom stereocenters. The fourth-order valence-electron chi connectivity index (χ4n) is 2.39. The summed E-state index contributed by atoms with van der Waals surface area (Å²) in [5, 5.41) is 11.6. The van der Waals surface area contributed by atoms with Gasteiger partial charge in [0.15, 0.2) is 0 Å². The Bertz CT molecular complexity index is 537. The van der Waals surface area contributed by atoms with E-state index in [2.05, 4.69) is 34.8 Å². The lowest BCUT2D eigenvalue weighted by molar-refractivity contribution is 0.104. The van der Waals surface area contributed by atoms with Crippen molar-refractivity contribution in [1.29, 1.82) is 0 Å². The zero-order valence-electron chi connectivity index (χ0n) is 10.7. The van der Waals surface area contributed by atoms with Crippen LogP contribution in [0.1, 0.15) is 38.4 Å². The second-order valence-corrected chi connectivity index (χ2v) is 5.41. The van der Waals surface area contributed by atoms with Crippen LogP contribution in [0, 0.1) is 5.92 Å². The number of nitrogens with zero attached hydrogens (tertiary/aromatic N) is 1. The van der Waals surface area contributed by atoms with Crippen LogP contribution in [-0.4, -0.2) is 10.1 Å². The third kappa shape index (κ3) is 2.43. The number of benzene rings is 1. The number of aliphatic hydroxyl groups excluding tert-OH is 1. The van der Waals surface area contributed by atoms with E-state index in [0.717, 1.165) is 33.8 Å². The van der Waals surface area contributed by atoms with Crippen LogP contribution >= 0.6 is 15.9 Å². The van der Waals surface area contributed by atoms with Gasteiger partial charge in [0.1, 0.15) is 0 Å². The van der Waals surface area contributed by atoms with Gasteiger partial charge in [-0.05, 0) is 18.1 Å². The van der Waals surface area contributed by atoms with Crippen LogP contribution in [0.4, 0.5) is 0 Å². The fraction of sp³-hybridized carbons (Fsp3) is 0.400. The zero-order valence-corrected chi connectivity index (χ0v) is 12.3. The van der Waals surface area contributed by atoms with E-state index < -0.39 is 6.10 Å². The lowest BCUT2D eigenvalue weighted by Gasteiger charge is -2.21. The molecule has 1 aromatic carbocycles. The Kier molecular flexibility index (Phi) is 4.36. The minimum atomic E-state index is -0.439. The lowest BCUT2D eigenvalue weighted by Crippen LogP contribution is -2.11. The third-order valence-electron chi connectivity index (χ3n) is 3.56. The highest BCUT2D eigenvalue weighted by Crippen LogP contribution is 2.33. The molecule has 0 spiro atoms. The maximum Gasteiger partial charge on any atom is 0.0839 e. The molecule has 0 saturated heterocycles. The second-order valence-electron chi connectivity index (χ2n) is 4.56. The normalized spacial score (nSPS) is 13.2. The molecule has 3 heteroatoms. The Hall–Kier alpha value is -0.930. The van der Waals surface area contributed by atoms with Crippen LogP contribution in [0.15, 0.2) is 34.9 Å². The van der Waals surface area contributed by atoms with Crippen molar-refractivity contribution in [2.24, 2.45) is 5.92 Å². The van der Waals surface area contributed by atoms with Gasteiger partial charge in [0, 0.05) is 21.6 Å². The molecule has 0 aliphatic heterocycles. The predicted octanol–water partition coefficient (Wildman–Crippen LogP) is 4.47. The molecule has 1 aromatic heterocycles. The largest absolute Gasteiger partial charge is 0.388 e. The summed E-state index contributed by atoms with van der Waals surface area (Å²) in [7, 11) is 0. The van der Waals surface area contributed by atoms with E-state index >= 15 is 0 Å². The molecule has 1 N–H and O–H groups in total. The Morgan fingerprint density at radius 2 is 1.94 bits per heavy atom. The van der Waals surface area contributed by atoms with Crippen LogP contribution in [-0.2, 0) is 0 Å². The van der Waals surface area contributed by atoms with Gasteiger partial charge in [-0.3, -0.25) is 4.98 Å². The predicted molar refractivity (Wildman–Crippen MR) is 78.5 cm³/mol. The van der Waals surface area contributed by atoms with Gasteiger partial charge in [-0.15, -0.1) is 0 Å². The van der Waals surface area contributed by atoms with Gasteiger partial charge < -0.3 is 5.11 Å². The van der Waals surface area contributed by atoms with Gasteiger partial charge in [0.05, 0.1) is 11.6 Å². The summed E-state index contributed by atoms with van der Waals surface area (Å²) in [6.45, 7) is 4.23. The van der Waals surface area contributed by atoms with E-state index in [4.69, 9.17) is 0 Å². The van der Waals surface area contributed by atoms with Gasteiger partial charge in [-0.2, -0.15) is 0 Å². The van der Waals surface area contributed by atoms with Crippen LogP contribution in [0.25, 0.3) is 10.9 Å². The number of halogens is 1. The fourth-order valence-corrected chi connectivity index (χ4v) is 2.84. The minimum absolute atomic E-state index is 0.288.